The van der Waals surface area contributed by atoms with Crippen molar-refractivity contribution >= 4 is 5.91 Å². The van der Waals surface area contributed by atoms with Gasteiger partial charge in [-0.2, -0.15) is 5.26 Å². The molecule has 0 aliphatic carbocycles. The zero-order valence-corrected chi connectivity index (χ0v) is 15.3. The first-order valence-corrected chi connectivity index (χ1v) is 8.91. The minimum Gasteiger partial charge on any atom is -0.383 e. The fourth-order valence-electron chi connectivity index (χ4n) is 2.56. The lowest BCUT2D eigenvalue weighted by Gasteiger charge is -2.13. The Hall–Kier alpha value is -3.06. The summed E-state index contributed by atoms with van der Waals surface area (Å²) in [5.41, 5.74) is 3.62. The average molecular weight is 347 g/mol. The smallest absolute Gasteiger partial charge is 0.263 e. The van der Waals surface area contributed by atoms with Crippen LogP contribution in [-0.4, -0.2) is 12.5 Å². The number of nitriles is 1. The van der Waals surface area contributed by atoms with Crippen LogP contribution in [-0.2, 0) is 17.6 Å². The van der Waals surface area contributed by atoms with Crippen molar-refractivity contribution in [2.24, 2.45) is 0 Å². The van der Waals surface area contributed by atoms with Crippen molar-refractivity contribution in [1.29, 1.82) is 5.26 Å². The molecule has 0 fully saturated rings. The van der Waals surface area contributed by atoms with E-state index in [1.54, 1.807) is 0 Å². The summed E-state index contributed by atoms with van der Waals surface area (Å²) in [5, 5.41) is 15.2. The quantitative estimate of drug-likeness (QED) is 0.566. The third-order valence-corrected chi connectivity index (χ3v) is 4.27. The molecule has 4 nitrogen and oxygen atoms in total. The third kappa shape index (κ3) is 5.78. The SMILES string of the molecule is CCc1ccc(C(C)N/C=C(/C#N)C(=O)NCCc2ccccc2)cc1. The summed E-state index contributed by atoms with van der Waals surface area (Å²) in [6.07, 6.45) is 3.23. The number of aryl methyl sites for hydroxylation is 1. The van der Waals surface area contributed by atoms with E-state index in [4.69, 9.17) is 0 Å². The number of hydrogen-bond donors (Lipinski definition) is 2. The molecule has 134 valence electrons. The largest absolute Gasteiger partial charge is 0.383 e. The van der Waals surface area contributed by atoms with Crippen LogP contribution in [0.3, 0.4) is 0 Å². The lowest BCUT2D eigenvalue weighted by Crippen LogP contribution is -2.28. The molecule has 0 spiro atoms. The van der Waals surface area contributed by atoms with E-state index < -0.39 is 0 Å². The molecular formula is C22H25N3O. The molecule has 0 saturated carbocycles. The van der Waals surface area contributed by atoms with Crippen molar-refractivity contribution in [3.8, 4) is 6.07 Å². The third-order valence-electron chi connectivity index (χ3n) is 4.27. The standard InChI is InChI=1S/C22H25N3O/c1-3-18-9-11-20(12-10-18)17(2)25-16-21(15-23)22(26)24-14-13-19-7-5-4-6-8-19/h4-12,16-17,25H,3,13-14H2,1-2H3,(H,24,26)/b21-16-. The highest BCUT2D eigenvalue weighted by molar-refractivity contribution is 5.97. The molecular weight excluding hydrogens is 322 g/mol. The molecule has 2 rings (SSSR count). The maximum atomic E-state index is 12.2. The zero-order chi connectivity index (χ0) is 18.8. The van der Waals surface area contributed by atoms with Gasteiger partial charge in [-0.05, 0) is 36.5 Å². The first kappa shape index (κ1) is 19.3. The Morgan fingerprint density at radius 1 is 1.12 bits per heavy atom. The van der Waals surface area contributed by atoms with Gasteiger partial charge in [-0.3, -0.25) is 4.79 Å². The highest BCUT2D eigenvalue weighted by atomic mass is 16.1. The lowest BCUT2D eigenvalue weighted by atomic mass is 10.1. The summed E-state index contributed by atoms with van der Waals surface area (Å²) in [5.74, 6) is -0.357. The number of hydrogen-bond acceptors (Lipinski definition) is 3. The number of rotatable bonds is 8. The number of nitrogens with zero attached hydrogens (tertiary/aromatic N) is 1. The Bertz CT molecular complexity index is 773. The number of nitrogens with one attached hydrogen (secondary N) is 2. The van der Waals surface area contributed by atoms with Gasteiger partial charge >= 0.3 is 0 Å². The summed E-state index contributed by atoms with van der Waals surface area (Å²) in [7, 11) is 0. The van der Waals surface area contributed by atoms with Crippen LogP contribution in [0.15, 0.2) is 66.4 Å². The number of amides is 1. The maximum absolute atomic E-state index is 12.2. The molecule has 4 heteroatoms. The number of carbonyl (C=O) groups is 1. The monoisotopic (exact) mass is 347 g/mol. The first-order chi connectivity index (χ1) is 12.6. The van der Waals surface area contributed by atoms with Gasteiger partial charge in [-0.15, -0.1) is 0 Å². The van der Waals surface area contributed by atoms with Gasteiger partial charge in [0, 0.05) is 18.8 Å². The Morgan fingerprint density at radius 3 is 2.42 bits per heavy atom. The molecule has 0 radical (unpaired) electrons. The second kappa shape index (κ2) is 10.0. The lowest BCUT2D eigenvalue weighted by molar-refractivity contribution is -0.117. The summed E-state index contributed by atoms with van der Waals surface area (Å²) >= 11 is 0. The predicted octanol–water partition coefficient (Wildman–Crippen LogP) is 3.67. The second-order valence-corrected chi connectivity index (χ2v) is 6.14. The zero-order valence-electron chi connectivity index (χ0n) is 15.3. The Kier molecular flexibility index (Phi) is 7.45. The molecule has 0 heterocycles. The maximum Gasteiger partial charge on any atom is 0.263 e. The van der Waals surface area contributed by atoms with Gasteiger partial charge in [-0.1, -0.05) is 61.5 Å². The Labute approximate surface area is 155 Å². The van der Waals surface area contributed by atoms with Crippen molar-refractivity contribution in [3.05, 3.63) is 83.1 Å². The van der Waals surface area contributed by atoms with E-state index in [0.29, 0.717) is 6.54 Å². The van der Waals surface area contributed by atoms with Gasteiger partial charge in [0.2, 0.25) is 0 Å². The van der Waals surface area contributed by atoms with E-state index in [1.165, 1.54) is 11.8 Å². The molecule has 2 aromatic carbocycles. The highest BCUT2D eigenvalue weighted by Gasteiger charge is 2.09. The Morgan fingerprint density at radius 2 is 1.81 bits per heavy atom. The molecule has 0 aliphatic heterocycles. The Balaban J connectivity index is 1.87. The fraction of sp³-hybridized carbons (Fsp3) is 0.273. The van der Waals surface area contributed by atoms with Gasteiger partial charge in [0.15, 0.2) is 0 Å². The topological polar surface area (TPSA) is 64.9 Å². The minimum absolute atomic E-state index is 0.0152. The van der Waals surface area contributed by atoms with Crippen molar-refractivity contribution in [1.82, 2.24) is 10.6 Å². The van der Waals surface area contributed by atoms with E-state index in [2.05, 4.69) is 41.8 Å². The first-order valence-electron chi connectivity index (χ1n) is 8.91. The van der Waals surface area contributed by atoms with Crippen LogP contribution < -0.4 is 10.6 Å². The van der Waals surface area contributed by atoms with Crippen LogP contribution in [0.2, 0.25) is 0 Å². The summed E-state index contributed by atoms with van der Waals surface area (Å²) in [4.78, 5) is 12.2. The number of benzene rings is 2. The van der Waals surface area contributed by atoms with Gasteiger partial charge in [0.25, 0.3) is 5.91 Å². The average Bonchev–Trinajstić information content (AvgIpc) is 2.69. The molecule has 1 amide bonds. The molecule has 0 saturated heterocycles. The van der Waals surface area contributed by atoms with Crippen molar-refractivity contribution in [3.63, 3.8) is 0 Å². The van der Waals surface area contributed by atoms with Gasteiger partial charge in [0.1, 0.15) is 11.6 Å². The molecule has 2 aromatic rings. The van der Waals surface area contributed by atoms with E-state index in [1.807, 2.05) is 43.3 Å². The van der Waals surface area contributed by atoms with Gasteiger partial charge < -0.3 is 10.6 Å². The van der Waals surface area contributed by atoms with Crippen LogP contribution in [0, 0.1) is 11.3 Å². The molecule has 2 N–H and O–H groups in total. The van der Waals surface area contributed by atoms with E-state index >= 15 is 0 Å². The van der Waals surface area contributed by atoms with Crippen molar-refractivity contribution in [2.75, 3.05) is 6.54 Å². The van der Waals surface area contributed by atoms with E-state index in [-0.39, 0.29) is 17.5 Å². The normalized spacial score (nSPS) is 12.1. The van der Waals surface area contributed by atoms with Gasteiger partial charge in [0.05, 0.1) is 0 Å². The molecule has 1 unspecified atom stereocenters. The summed E-state index contributed by atoms with van der Waals surface area (Å²) in [6.45, 7) is 4.62. The fourth-order valence-corrected chi connectivity index (χ4v) is 2.56. The molecule has 0 aromatic heterocycles. The summed E-state index contributed by atoms with van der Waals surface area (Å²) < 4.78 is 0. The van der Waals surface area contributed by atoms with Crippen LogP contribution in [0.5, 0.6) is 0 Å². The van der Waals surface area contributed by atoms with Crippen LogP contribution >= 0.6 is 0 Å². The molecule has 0 bridgehead atoms. The highest BCUT2D eigenvalue weighted by Crippen LogP contribution is 2.14. The van der Waals surface area contributed by atoms with Crippen LogP contribution in [0.1, 0.15) is 36.6 Å². The molecule has 0 aliphatic rings. The van der Waals surface area contributed by atoms with E-state index in [0.717, 1.165) is 24.0 Å². The van der Waals surface area contributed by atoms with Gasteiger partial charge in [-0.25, -0.2) is 0 Å². The van der Waals surface area contributed by atoms with E-state index in [9.17, 15) is 10.1 Å². The second-order valence-electron chi connectivity index (χ2n) is 6.14. The molecule has 26 heavy (non-hydrogen) atoms. The van der Waals surface area contributed by atoms with Crippen molar-refractivity contribution in [2.45, 2.75) is 32.7 Å². The summed E-state index contributed by atoms with van der Waals surface area (Å²) in [6, 6.07) is 20.2. The molecule has 1 atom stereocenters. The number of carbonyl (C=O) groups excluding carboxylic acids is 1. The van der Waals surface area contributed by atoms with Crippen molar-refractivity contribution < 1.29 is 4.79 Å². The van der Waals surface area contributed by atoms with Crippen LogP contribution in [0.25, 0.3) is 0 Å². The predicted molar refractivity (Wildman–Crippen MR) is 104 cm³/mol. The van der Waals surface area contributed by atoms with Crippen LogP contribution in [0.4, 0.5) is 0 Å². The minimum atomic E-state index is -0.357.